The molecule has 0 saturated carbocycles. The molecule has 2 N–H and O–H groups in total. The van der Waals surface area contributed by atoms with Crippen LogP contribution < -0.4 is 5.73 Å². The monoisotopic (exact) mass is 300 g/mol. The van der Waals surface area contributed by atoms with Crippen molar-refractivity contribution in [2.45, 2.75) is 24.5 Å². The first kappa shape index (κ1) is 15.9. The molecule has 0 aliphatic heterocycles. The lowest BCUT2D eigenvalue weighted by Crippen LogP contribution is -2.38. The van der Waals surface area contributed by atoms with Gasteiger partial charge in [-0.1, -0.05) is 6.92 Å². The van der Waals surface area contributed by atoms with Gasteiger partial charge >= 0.3 is 6.18 Å². The molecule has 0 unspecified atom stereocenters. The zero-order valence-electron chi connectivity index (χ0n) is 10.3. The molecule has 0 aromatic carbocycles. The fourth-order valence-electron chi connectivity index (χ4n) is 1.45. The summed E-state index contributed by atoms with van der Waals surface area (Å²) in [5, 5.41) is 3.73. The van der Waals surface area contributed by atoms with Gasteiger partial charge in [0.25, 0.3) is 0 Å². The van der Waals surface area contributed by atoms with Crippen LogP contribution in [0.15, 0.2) is 17.3 Å². The summed E-state index contributed by atoms with van der Waals surface area (Å²) in [5.74, 6) is 0. The van der Waals surface area contributed by atoms with Crippen molar-refractivity contribution in [2.24, 2.45) is 5.73 Å². The Bertz CT molecular complexity index is 512. The maximum Gasteiger partial charge on any atom is 0.402 e. The number of rotatable bonds is 6. The van der Waals surface area contributed by atoms with Gasteiger partial charge in [0, 0.05) is 19.3 Å². The molecule has 0 aliphatic carbocycles. The van der Waals surface area contributed by atoms with Gasteiger partial charge in [-0.2, -0.15) is 22.6 Å². The largest absolute Gasteiger partial charge is 0.402 e. The molecule has 1 aromatic heterocycles. The molecule has 10 heteroatoms. The molecule has 110 valence electrons. The zero-order chi connectivity index (χ0) is 14.7. The van der Waals surface area contributed by atoms with E-state index in [1.165, 1.54) is 17.8 Å². The van der Waals surface area contributed by atoms with Crippen LogP contribution in [-0.4, -0.2) is 48.3 Å². The molecule has 1 rings (SSSR count). The predicted octanol–water partition coefficient (Wildman–Crippen LogP) is 0.415. The highest BCUT2D eigenvalue weighted by Gasteiger charge is 2.36. The summed E-state index contributed by atoms with van der Waals surface area (Å²) in [5.41, 5.74) is 5.28. The van der Waals surface area contributed by atoms with Crippen LogP contribution in [0.2, 0.25) is 0 Å². The van der Waals surface area contributed by atoms with Crippen molar-refractivity contribution in [1.82, 2.24) is 14.1 Å². The van der Waals surface area contributed by atoms with Gasteiger partial charge in [-0.05, 0) is 0 Å². The second-order valence-electron chi connectivity index (χ2n) is 3.77. The normalized spacial score (nSPS) is 13.2. The Morgan fingerprint density at radius 1 is 1.47 bits per heavy atom. The topological polar surface area (TPSA) is 81.2 Å². The lowest BCUT2D eigenvalue weighted by molar-refractivity contribution is -0.135. The Labute approximate surface area is 109 Å². The van der Waals surface area contributed by atoms with Crippen molar-refractivity contribution in [1.29, 1.82) is 0 Å². The van der Waals surface area contributed by atoms with E-state index in [9.17, 15) is 21.6 Å². The summed E-state index contributed by atoms with van der Waals surface area (Å²) in [6, 6.07) is 0. The van der Waals surface area contributed by atoms with Crippen molar-refractivity contribution in [3.8, 4) is 0 Å². The van der Waals surface area contributed by atoms with Gasteiger partial charge in [-0.15, -0.1) is 0 Å². The molecule has 0 fully saturated rings. The minimum Gasteiger partial charge on any atom is -0.329 e. The molecule has 0 radical (unpaired) electrons. The van der Waals surface area contributed by atoms with E-state index in [-0.39, 0.29) is 18.0 Å². The van der Waals surface area contributed by atoms with Crippen LogP contribution in [0.3, 0.4) is 0 Å². The van der Waals surface area contributed by atoms with Crippen LogP contribution in [0.1, 0.15) is 6.92 Å². The van der Waals surface area contributed by atoms with Crippen LogP contribution in [0, 0.1) is 0 Å². The van der Waals surface area contributed by atoms with Crippen LogP contribution in [-0.2, 0) is 16.6 Å². The molecule has 0 amide bonds. The lowest BCUT2D eigenvalue weighted by atomic mass is 10.6. The number of nitrogens with two attached hydrogens (primary N) is 1. The molecule has 0 aliphatic rings. The Morgan fingerprint density at radius 2 is 2.11 bits per heavy atom. The maximum absolute atomic E-state index is 12.3. The minimum absolute atomic E-state index is 0.251. The highest BCUT2D eigenvalue weighted by Crippen LogP contribution is 2.22. The fraction of sp³-hybridized carbons (Fsp3) is 0.667. The molecule has 0 spiro atoms. The van der Waals surface area contributed by atoms with Crippen molar-refractivity contribution >= 4 is 10.0 Å². The summed E-state index contributed by atoms with van der Waals surface area (Å²) in [4.78, 5) is -0.271. The van der Waals surface area contributed by atoms with E-state index in [0.717, 1.165) is 6.20 Å². The van der Waals surface area contributed by atoms with E-state index >= 15 is 0 Å². The average Bonchev–Trinajstić information content (AvgIpc) is 2.74. The van der Waals surface area contributed by atoms with Gasteiger partial charge in [-0.25, -0.2) is 8.42 Å². The first-order chi connectivity index (χ1) is 8.70. The van der Waals surface area contributed by atoms with E-state index in [4.69, 9.17) is 5.73 Å². The fourth-order valence-corrected chi connectivity index (χ4v) is 2.84. The van der Waals surface area contributed by atoms with Crippen LogP contribution >= 0.6 is 0 Å². The lowest BCUT2D eigenvalue weighted by Gasteiger charge is -2.20. The van der Waals surface area contributed by atoms with E-state index in [1.807, 2.05) is 0 Å². The van der Waals surface area contributed by atoms with Crippen molar-refractivity contribution < 1.29 is 21.6 Å². The summed E-state index contributed by atoms with van der Waals surface area (Å²) in [6.45, 7) is 0.0908. The summed E-state index contributed by atoms with van der Waals surface area (Å²) in [7, 11) is -4.19. The molecular weight excluding hydrogens is 285 g/mol. The number of alkyl halides is 3. The molecule has 0 saturated heterocycles. The highest BCUT2D eigenvalue weighted by atomic mass is 32.2. The molecule has 6 nitrogen and oxygen atoms in total. The summed E-state index contributed by atoms with van der Waals surface area (Å²) >= 11 is 0. The number of nitrogens with zero attached hydrogens (tertiary/aromatic N) is 3. The van der Waals surface area contributed by atoms with Gasteiger partial charge < -0.3 is 5.73 Å². The minimum atomic E-state index is -4.59. The maximum atomic E-state index is 12.3. The zero-order valence-corrected chi connectivity index (χ0v) is 11.1. The first-order valence-corrected chi connectivity index (χ1v) is 6.94. The Balaban J connectivity index is 2.99. The van der Waals surface area contributed by atoms with Crippen molar-refractivity contribution in [2.75, 3.05) is 19.6 Å². The van der Waals surface area contributed by atoms with Crippen molar-refractivity contribution in [3.05, 3.63) is 12.4 Å². The number of aromatic nitrogens is 2. The van der Waals surface area contributed by atoms with E-state index in [2.05, 4.69) is 5.10 Å². The Morgan fingerprint density at radius 3 is 2.58 bits per heavy atom. The van der Waals surface area contributed by atoms with Gasteiger partial charge in [0.05, 0.1) is 12.7 Å². The second-order valence-corrected chi connectivity index (χ2v) is 5.71. The number of halogens is 3. The van der Waals surface area contributed by atoms with Crippen LogP contribution in [0.25, 0.3) is 0 Å². The van der Waals surface area contributed by atoms with Crippen LogP contribution in [0.5, 0.6) is 0 Å². The molecule has 1 aromatic rings. The summed E-state index contributed by atoms with van der Waals surface area (Å²) in [6.07, 6.45) is -2.40. The number of hydrogen-bond donors (Lipinski definition) is 1. The third kappa shape index (κ3) is 4.18. The second kappa shape index (κ2) is 5.88. The molecule has 0 atom stereocenters. The molecular formula is C9H15F3N4O2S. The average molecular weight is 300 g/mol. The van der Waals surface area contributed by atoms with Gasteiger partial charge in [0.1, 0.15) is 11.4 Å². The Kier molecular flexibility index (Phi) is 4.93. The summed E-state index contributed by atoms with van der Waals surface area (Å²) < 4.78 is 62.6. The predicted molar refractivity (Wildman–Crippen MR) is 61.8 cm³/mol. The SMILES string of the molecule is CCN(CC(F)(F)F)S(=O)(=O)c1cnn(CCN)c1. The smallest absolute Gasteiger partial charge is 0.329 e. The van der Waals surface area contributed by atoms with Gasteiger partial charge in [0.15, 0.2) is 0 Å². The first-order valence-electron chi connectivity index (χ1n) is 5.50. The van der Waals surface area contributed by atoms with E-state index in [0.29, 0.717) is 10.8 Å². The number of hydrogen-bond acceptors (Lipinski definition) is 4. The number of sulfonamides is 1. The van der Waals surface area contributed by atoms with Gasteiger partial charge in [-0.3, -0.25) is 4.68 Å². The molecule has 1 heterocycles. The third-order valence-electron chi connectivity index (χ3n) is 2.31. The van der Waals surface area contributed by atoms with E-state index < -0.39 is 22.7 Å². The Hall–Kier alpha value is -1.13. The van der Waals surface area contributed by atoms with Crippen LogP contribution in [0.4, 0.5) is 13.2 Å². The standard InChI is InChI=1S/C9H15F3N4O2S/c1-2-16(7-9(10,11)12)19(17,18)8-5-14-15(6-8)4-3-13/h5-6H,2-4,7,13H2,1H3. The quantitative estimate of drug-likeness (QED) is 0.825. The third-order valence-corrected chi connectivity index (χ3v) is 4.19. The molecule has 19 heavy (non-hydrogen) atoms. The molecule has 0 bridgehead atoms. The highest BCUT2D eigenvalue weighted by molar-refractivity contribution is 7.89. The van der Waals surface area contributed by atoms with Gasteiger partial charge in [0.2, 0.25) is 10.0 Å². The van der Waals surface area contributed by atoms with Crippen molar-refractivity contribution in [3.63, 3.8) is 0 Å². The van der Waals surface area contributed by atoms with E-state index in [1.54, 1.807) is 0 Å².